The number of carbonyl (C=O) groups excluding carboxylic acids is 1. The average Bonchev–Trinajstić information content (AvgIpc) is 2.89. The fourth-order valence-corrected chi connectivity index (χ4v) is 1.78. The fraction of sp³-hybridized carbons (Fsp3) is 0.385. The Bertz CT molecular complexity index is 517. The smallest absolute Gasteiger partial charge is 0.326 e. The molecule has 20 heavy (non-hydrogen) atoms. The van der Waals surface area contributed by atoms with E-state index in [4.69, 9.17) is 14.6 Å². The first kappa shape index (κ1) is 14.0. The molecule has 7 nitrogen and oxygen atoms in total. The van der Waals surface area contributed by atoms with E-state index in [0.717, 1.165) is 5.56 Å². The van der Waals surface area contributed by atoms with Gasteiger partial charge in [-0.2, -0.15) is 0 Å². The monoisotopic (exact) mass is 280 g/mol. The lowest BCUT2D eigenvalue weighted by Crippen LogP contribution is -2.45. The molecule has 0 aromatic heterocycles. The van der Waals surface area contributed by atoms with Crippen LogP contribution in [0.15, 0.2) is 18.2 Å². The van der Waals surface area contributed by atoms with Crippen LogP contribution in [0.25, 0.3) is 0 Å². The predicted octanol–water partition coefficient (Wildman–Crippen LogP) is 1.08. The van der Waals surface area contributed by atoms with Crippen molar-refractivity contribution < 1.29 is 24.2 Å². The molecule has 2 amide bonds. The summed E-state index contributed by atoms with van der Waals surface area (Å²) in [4.78, 5) is 22.4. The number of carboxylic acids is 1. The van der Waals surface area contributed by atoms with Crippen LogP contribution >= 0.6 is 0 Å². The van der Waals surface area contributed by atoms with Gasteiger partial charge in [0.25, 0.3) is 0 Å². The van der Waals surface area contributed by atoms with Gasteiger partial charge in [-0.15, -0.1) is 0 Å². The Morgan fingerprint density at radius 3 is 2.80 bits per heavy atom. The van der Waals surface area contributed by atoms with Crippen LogP contribution in [0.2, 0.25) is 0 Å². The minimum absolute atomic E-state index is 0.198. The van der Waals surface area contributed by atoms with Gasteiger partial charge in [0.05, 0.1) is 0 Å². The van der Waals surface area contributed by atoms with E-state index in [2.05, 4.69) is 10.6 Å². The van der Waals surface area contributed by atoms with Gasteiger partial charge < -0.3 is 25.2 Å². The molecule has 0 radical (unpaired) electrons. The van der Waals surface area contributed by atoms with Crippen molar-refractivity contribution in [3.05, 3.63) is 23.8 Å². The van der Waals surface area contributed by atoms with Crippen LogP contribution in [0.1, 0.15) is 18.9 Å². The molecule has 1 atom stereocenters. The molecule has 3 N–H and O–H groups in total. The van der Waals surface area contributed by atoms with E-state index in [1.54, 1.807) is 19.1 Å². The van der Waals surface area contributed by atoms with Gasteiger partial charge in [-0.25, -0.2) is 9.59 Å². The first-order valence-corrected chi connectivity index (χ1v) is 6.26. The molecule has 0 bridgehead atoms. The quantitative estimate of drug-likeness (QED) is 0.750. The van der Waals surface area contributed by atoms with E-state index in [0.29, 0.717) is 17.9 Å². The number of ether oxygens (including phenoxy) is 2. The van der Waals surface area contributed by atoms with Crippen molar-refractivity contribution in [2.75, 3.05) is 6.79 Å². The Labute approximate surface area is 115 Å². The zero-order valence-electron chi connectivity index (χ0n) is 11.0. The van der Waals surface area contributed by atoms with E-state index in [9.17, 15) is 9.59 Å². The van der Waals surface area contributed by atoms with Gasteiger partial charge in [-0.1, -0.05) is 13.0 Å². The Hall–Kier alpha value is -2.44. The lowest BCUT2D eigenvalue weighted by Gasteiger charge is -2.13. The second kappa shape index (κ2) is 6.14. The molecular weight excluding hydrogens is 264 g/mol. The van der Waals surface area contributed by atoms with E-state index < -0.39 is 18.0 Å². The maximum atomic E-state index is 11.6. The molecular formula is C13H16N2O5. The number of amides is 2. The van der Waals surface area contributed by atoms with Crippen molar-refractivity contribution in [2.24, 2.45) is 0 Å². The van der Waals surface area contributed by atoms with Crippen LogP contribution < -0.4 is 20.1 Å². The van der Waals surface area contributed by atoms with E-state index in [1.165, 1.54) is 0 Å². The van der Waals surface area contributed by atoms with Gasteiger partial charge in [-0.3, -0.25) is 0 Å². The molecule has 1 heterocycles. The molecule has 0 fully saturated rings. The maximum absolute atomic E-state index is 11.6. The summed E-state index contributed by atoms with van der Waals surface area (Å²) in [6, 6.07) is 3.95. The Kier molecular flexibility index (Phi) is 4.29. The molecule has 0 saturated carbocycles. The van der Waals surface area contributed by atoms with Crippen LogP contribution in [0, 0.1) is 0 Å². The lowest BCUT2D eigenvalue weighted by molar-refractivity contribution is -0.139. The molecule has 0 aliphatic carbocycles. The molecule has 0 spiro atoms. The topological polar surface area (TPSA) is 96.9 Å². The molecule has 2 rings (SSSR count). The molecule has 7 heteroatoms. The normalized spacial score (nSPS) is 13.7. The van der Waals surface area contributed by atoms with Crippen molar-refractivity contribution in [3.8, 4) is 11.5 Å². The second-order valence-corrected chi connectivity index (χ2v) is 4.31. The highest BCUT2D eigenvalue weighted by Gasteiger charge is 2.17. The molecule has 1 aliphatic rings. The van der Waals surface area contributed by atoms with Crippen molar-refractivity contribution in [3.63, 3.8) is 0 Å². The number of carbonyl (C=O) groups is 2. The van der Waals surface area contributed by atoms with Gasteiger partial charge in [0.1, 0.15) is 6.04 Å². The number of hydrogen-bond donors (Lipinski definition) is 3. The first-order chi connectivity index (χ1) is 9.60. The highest BCUT2D eigenvalue weighted by Crippen LogP contribution is 2.32. The van der Waals surface area contributed by atoms with Crippen molar-refractivity contribution >= 4 is 12.0 Å². The van der Waals surface area contributed by atoms with Crippen molar-refractivity contribution in [2.45, 2.75) is 25.9 Å². The van der Waals surface area contributed by atoms with Crippen LogP contribution in [0.5, 0.6) is 11.5 Å². The van der Waals surface area contributed by atoms with Crippen LogP contribution in [0.3, 0.4) is 0 Å². The Morgan fingerprint density at radius 2 is 2.10 bits per heavy atom. The maximum Gasteiger partial charge on any atom is 0.326 e. The van der Waals surface area contributed by atoms with Gasteiger partial charge >= 0.3 is 12.0 Å². The highest BCUT2D eigenvalue weighted by molar-refractivity contribution is 5.82. The number of nitrogens with one attached hydrogen (secondary N) is 2. The number of aliphatic carboxylic acids is 1. The number of fused-ring (bicyclic) bond motifs is 1. The van der Waals surface area contributed by atoms with Crippen LogP contribution in [0.4, 0.5) is 4.79 Å². The van der Waals surface area contributed by atoms with Crippen molar-refractivity contribution in [1.29, 1.82) is 0 Å². The number of hydrogen-bond acceptors (Lipinski definition) is 4. The van der Waals surface area contributed by atoms with E-state index in [1.807, 2.05) is 6.07 Å². The molecule has 1 aromatic rings. The van der Waals surface area contributed by atoms with Gasteiger partial charge in [-0.05, 0) is 24.1 Å². The number of carboxylic acid groups (broad SMARTS) is 1. The van der Waals surface area contributed by atoms with E-state index >= 15 is 0 Å². The summed E-state index contributed by atoms with van der Waals surface area (Å²) in [5.74, 6) is 0.266. The summed E-state index contributed by atoms with van der Waals surface area (Å²) < 4.78 is 10.4. The summed E-state index contributed by atoms with van der Waals surface area (Å²) in [5.41, 5.74) is 0.841. The molecule has 1 aliphatic heterocycles. The Morgan fingerprint density at radius 1 is 1.35 bits per heavy atom. The predicted molar refractivity (Wildman–Crippen MR) is 69.7 cm³/mol. The second-order valence-electron chi connectivity index (χ2n) is 4.31. The minimum atomic E-state index is -1.05. The molecule has 0 unspecified atom stereocenters. The van der Waals surface area contributed by atoms with Gasteiger partial charge in [0.15, 0.2) is 11.5 Å². The molecule has 0 saturated heterocycles. The minimum Gasteiger partial charge on any atom is -0.480 e. The zero-order chi connectivity index (χ0) is 14.5. The third-order valence-corrected chi connectivity index (χ3v) is 2.90. The number of rotatable bonds is 5. The fourth-order valence-electron chi connectivity index (χ4n) is 1.78. The number of benzene rings is 1. The summed E-state index contributed by atoms with van der Waals surface area (Å²) >= 11 is 0. The standard InChI is InChI=1S/C13H16N2O5/c1-2-9(12(16)17)15-13(18)14-6-8-3-4-10-11(5-8)20-7-19-10/h3-5,9H,2,6-7H2,1H3,(H,16,17)(H2,14,15,18)/t9-/m1/s1. The summed E-state index contributed by atoms with van der Waals surface area (Å²) in [7, 11) is 0. The Balaban J connectivity index is 1.85. The van der Waals surface area contributed by atoms with Gasteiger partial charge in [0, 0.05) is 6.54 Å². The SMILES string of the molecule is CC[C@@H](NC(=O)NCc1ccc2c(c1)OCO2)C(=O)O. The van der Waals surface area contributed by atoms with Crippen LogP contribution in [-0.4, -0.2) is 29.9 Å². The van der Waals surface area contributed by atoms with Crippen molar-refractivity contribution in [1.82, 2.24) is 10.6 Å². The summed E-state index contributed by atoms with van der Waals surface area (Å²) in [6.07, 6.45) is 0.326. The third kappa shape index (κ3) is 3.31. The average molecular weight is 280 g/mol. The third-order valence-electron chi connectivity index (χ3n) is 2.90. The molecule has 1 aromatic carbocycles. The van der Waals surface area contributed by atoms with E-state index in [-0.39, 0.29) is 13.3 Å². The zero-order valence-corrected chi connectivity index (χ0v) is 11.0. The first-order valence-electron chi connectivity index (χ1n) is 6.26. The number of urea groups is 1. The largest absolute Gasteiger partial charge is 0.480 e. The summed E-state index contributed by atoms with van der Waals surface area (Å²) in [6.45, 7) is 2.17. The lowest BCUT2D eigenvalue weighted by atomic mass is 10.2. The molecule has 108 valence electrons. The van der Waals surface area contributed by atoms with Crippen LogP contribution in [-0.2, 0) is 11.3 Å². The van der Waals surface area contributed by atoms with Gasteiger partial charge in [0.2, 0.25) is 6.79 Å². The summed E-state index contributed by atoms with van der Waals surface area (Å²) in [5, 5.41) is 13.8. The highest BCUT2D eigenvalue weighted by atomic mass is 16.7.